The number of nitrogens with zero attached hydrogens (tertiary/aromatic N) is 6. The van der Waals surface area contributed by atoms with Gasteiger partial charge in [-0.05, 0) is 43.7 Å². The first-order chi connectivity index (χ1) is 19.8. The largest absolute Gasteiger partial charge is 0.434 e. The molecule has 0 aliphatic carbocycles. The SMILES string of the molecule is CCc1c(-c2ccc(-n3c(C)nn(C)c3=O)cc2)nn2cc(C(F)(F)F)nc(C(=O)Nc3ccc(F)c(C(N)=O)c3)c12. The molecule has 0 atom stereocenters. The summed E-state index contributed by atoms with van der Waals surface area (Å²) < 4.78 is 58.8. The van der Waals surface area contributed by atoms with E-state index >= 15 is 0 Å². The Morgan fingerprint density at radius 3 is 2.33 bits per heavy atom. The number of anilines is 1. The number of hydrogen-bond donors (Lipinski definition) is 2. The van der Waals surface area contributed by atoms with Gasteiger partial charge in [-0.1, -0.05) is 19.1 Å². The Kier molecular flexibility index (Phi) is 6.88. The van der Waals surface area contributed by atoms with E-state index in [2.05, 4.69) is 20.5 Å². The van der Waals surface area contributed by atoms with Gasteiger partial charge in [0, 0.05) is 23.9 Å². The van der Waals surface area contributed by atoms with E-state index in [1.165, 1.54) is 16.3 Å². The van der Waals surface area contributed by atoms with Crippen LogP contribution in [0.5, 0.6) is 0 Å². The molecule has 0 aliphatic rings. The van der Waals surface area contributed by atoms with Crippen LogP contribution in [0, 0.1) is 12.7 Å². The second-order valence-electron chi connectivity index (χ2n) is 9.30. The number of fused-ring (bicyclic) bond motifs is 1. The highest BCUT2D eigenvalue weighted by molar-refractivity contribution is 6.09. The molecule has 0 saturated carbocycles. The molecule has 0 spiro atoms. The molecule has 216 valence electrons. The van der Waals surface area contributed by atoms with Crippen LogP contribution in [0.3, 0.4) is 0 Å². The van der Waals surface area contributed by atoms with E-state index in [0.29, 0.717) is 34.5 Å². The van der Waals surface area contributed by atoms with Crippen molar-refractivity contribution in [1.29, 1.82) is 0 Å². The second kappa shape index (κ2) is 10.2. The van der Waals surface area contributed by atoms with Gasteiger partial charge in [0.1, 0.15) is 17.2 Å². The van der Waals surface area contributed by atoms with Crippen molar-refractivity contribution in [3.8, 4) is 16.9 Å². The van der Waals surface area contributed by atoms with Gasteiger partial charge >= 0.3 is 11.9 Å². The third-order valence-corrected chi connectivity index (χ3v) is 6.54. The van der Waals surface area contributed by atoms with Crippen molar-refractivity contribution < 1.29 is 27.2 Å². The Morgan fingerprint density at radius 2 is 1.76 bits per heavy atom. The summed E-state index contributed by atoms with van der Waals surface area (Å²) in [6.45, 7) is 3.41. The Balaban J connectivity index is 1.63. The van der Waals surface area contributed by atoms with Crippen LogP contribution in [0.2, 0.25) is 0 Å². The average Bonchev–Trinajstić information content (AvgIpc) is 3.43. The number of primary amides is 1. The van der Waals surface area contributed by atoms with Crippen molar-refractivity contribution in [3.05, 3.63) is 93.3 Å². The number of nitrogens with two attached hydrogens (primary N) is 1. The molecule has 0 aliphatic heterocycles. The van der Waals surface area contributed by atoms with Crippen molar-refractivity contribution in [1.82, 2.24) is 28.9 Å². The van der Waals surface area contributed by atoms with Gasteiger partial charge in [-0.2, -0.15) is 23.4 Å². The minimum absolute atomic E-state index is 0.0265. The van der Waals surface area contributed by atoms with E-state index < -0.39 is 40.8 Å². The molecule has 11 nitrogen and oxygen atoms in total. The summed E-state index contributed by atoms with van der Waals surface area (Å²) in [4.78, 5) is 40.9. The summed E-state index contributed by atoms with van der Waals surface area (Å²) in [6, 6.07) is 9.58. The lowest BCUT2D eigenvalue weighted by molar-refractivity contribution is -0.141. The highest BCUT2D eigenvalue weighted by Gasteiger charge is 2.36. The predicted octanol–water partition coefficient (Wildman–Crippen LogP) is 3.66. The lowest BCUT2D eigenvalue weighted by Crippen LogP contribution is -2.21. The average molecular weight is 583 g/mol. The third-order valence-electron chi connectivity index (χ3n) is 6.54. The first-order valence-corrected chi connectivity index (χ1v) is 12.4. The maximum absolute atomic E-state index is 13.9. The van der Waals surface area contributed by atoms with Crippen molar-refractivity contribution in [2.24, 2.45) is 12.8 Å². The van der Waals surface area contributed by atoms with Crippen LogP contribution in [-0.2, 0) is 19.6 Å². The van der Waals surface area contributed by atoms with Gasteiger partial charge in [-0.3, -0.25) is 9.59 Å². The number of carbonyl (C=O) groups excluding carboxylic acids is 2. The van der Waals surface area contributed by atoms with Gasteiger partial charge in [0.25, 0.3) is 11.8 Å². The van der Waals surface area contributed by atoms with Gasteiger partial charge in [-0.25, -0.2) is 27.9 Å². The Morgan fingerprint density at radius 1 is 1.07 bits per heavy atom. The molecule has 2 aromatic carbocycles. The Bertz CT molecular complexity index is 1940. The van der Waals surface area contributed by atoms with Crippen LogP contribution in [0.15, 0.2) is 53.5 Å². The monoisotopic (exact) mass is 582 g/mol. The van der Waals surface area contributed by atoms with Gasteiger partial charge < -0.3 is 11.1 Å². The van der Waals surface area contributed by atoms with Gasteiger partial charge in [0.15, 0.2) is 11.4 Å². The zero-order valence-electron chi connectivity index (χ0n) is 22.3. The summed E-state index contributed by atoms with van der Waals surface area (Å²) >= 11 is 0. The quantitative estimate of drug-likeness (QED) is 0.293. The highest BCUT2D eigenvalue weighted by Crippen LogP contribution is 2.33. The molecule has 3 N–H and O–H groups in total. The number of amides is 2. The lowest BCUT2D eigenvalue weighted by Gasteiger charge is -2.12. The number of halogens is 4. The number of aromatic nitrogens is 6. The normalized spacial score (nSPS) is 11.7. The molecule has 42 heavy (non-hydrogen) atoms. The van der Waals surface area contributed by atoms with Crippen molar-refractivity contribution >= 4 is 23.0 Å². The lowest BCUT2D eigenvalue weighted by atomic mass is 10.0. The van der Waals surface area contributed by atoms with Crippen LogP contribution >= 0.6 is 0 Å². The molecule has 0 saturated heterocycles. The molecule has 15 heteroatoms. The van der Waals surface area contributed by atoms with E-state index in [-0.39, 0.29) is 23.3 Å². The highest BCUT2D eigenvalue weighted by atomic mass is 19.4. The molecule has 2 amide bonds. The summed E-state index contributed by atoms with van der Waals surface area (Å²) in [7, 11) is 1.52. The molecule has 0 bridgehead atoms. The molecule has 5 aromatic rings. The summed E-state index contributed by atoms with van der Waals surface area (Å²) in [5.74, 6) is -2.60. The molecule has 0 fully saturated rings. The number of alkyl halides is 3. The minimum Gasteiger partial charge on any atom is -0.366 e. The van der Waals surface area contributed by atoms with E-state index in [1.54, 1.807) is 38.1 Å². The number of aryl methyl sites for hydroxylation is 3. The van der Waals surface area contributed by atoms with Gasteiger partial charge in [0.05, 0.1) is 23.1 Å². The number of nitrogens with one attached hydrogen (secondary N) is 1. The van der Waals surface area contributed by atoms with Crippen molar-refractivity contribution in [3.63, 3.8) is 0 Å². The number of carbonyl (C=O) groups is 2. The molecule has 3 aromatic heterocycles. The number of benzene rings is 2. The fourth-order valence-electron chi connectivity index (χ4n) is 4.63. The van der Waals surface area contributed by atoms with E-state index in [4.69, 9.17) is 5.73 Å². The van der Waals surface area contributed by atoms with Crippen LogP contribution in [0.4, 0.5) is 23.2 Å². The maximum Gasteiger partial charge on any atom is 0.434 e. The topological polar surface area (TPSA) is 142 Å². The van der Waals surface area contributed by atoms with E-state index in [9.17, 15) is 31.9 Å². The molecule has 0 unspecified atom stereocenters. The van der Waals surface area contributed by atoms with E-state index in [1.807, 2.05) is 0 Å². The van der Waals surface area contributed by atoms with Crippen LogP contribution in [-0.4, -0.2) is 40.8 Å². The van der Waals surface area contributed by atoms with Gasteiger partial charge in [0.2, 0.25) is 0 Å². The standard InChI is InChI=1S/C27H22F4N8O3/c1-4-17-21(14-5-8-16(9-6-14)39-13(2)35-37(3)26(39)42)36-38-12-20(27(29,30)31)34-22(23(17)38)25(41)33-15-7-10-19(28)18(11-15)24(32)40/h5-12H,4H2,1-3H3,(H2,32,40)(H,33,41). The smallest absolute Gasteiger partial charge is 0.366 e. The maximum atomic E-state index is 13.9. The molecular formula is C27H22F4N8O3. The first kappa shape index (κ1) is 28.2. The van der Waals surface area contributed by atoms with Crippen LogP contribution in [0.1, 0.15) is 44.9 Å². The Labute approximate surface area is 234 Å². The zero-order chi connectivity index (χ0) is 30.5. The molecule has 3 heterocycles. The fraction of sp³-hybridized carbons (Fsp3) is 0.185. The molecular weight excluding hydrogens is 560 g/mol. The van der Waals surface area contributed by atoms with Gasteiger partial charge in [-0.15, -0.1) is 0 Å². The fourth-order valence-corrected chi connectivity index (χ4v) is 4.63. The minimum atomic E-state index is -4.91. The van der Waals surface area contributed by atoms with Crippen molar-refractivity contribution in [2.45, 2.75) is 26.4 Å². The predicted molar refractivity (Wildman–Crippen MR) is 143 cm³/mol. The molecule has 0 radical (unpaired) electrons. The summed E-state index contributed by atoms with van der Waals surface area (Å²) in [5.41, 5.74) is 4.05. The summed E-state index contributed by atoms with van der Waals surface area (Å²) in [6.07, 6.45) is -3.96. The molecule has 5 rings (SSSR count). The number of hydrogen-bond acceptors (Lipinski definition) is 6. The third kappa shape index (κ3) is 4.88. The van der Waals surface area contributed by atoms with Crippen LogP contribution < -0.4 is 16.7 Å². The van der Waals surface area contributed by atoms with Crippen LogP contribution in [0.25, 0.3) is 22.5 Å². The van der Waals surface area contributed by atoms with Crippen molar-refractivity contribution in [2.75, 3.05) is 5.32 Å². The van der Waals surface area contributed by atoms with E-state index in [0.717, 1.165) is 22.7 Å². The Hall–Kier alpha value is -5.34. The summed E-state index contributed by atoms with van der Waals surface area (Å²) in [5, 5.41) is 10.8. The zero-order valence-corrected chi connectivity index (χ0v) is 22.3. The second-order valence-corrected chi connectivity index (χ2v) is 9.30. The number of rotatable bonds is 6. The first-order valence-electron chi connectivity index (χ1n) is 12.4.